The summed E-state index contributed by atoms with van der Waals surface area (Å²) >= 11 is 2.25. The molecule has 4 heteroatoms. The van der Waals surface area contributed by atoms with Crippen molar-refractivity contribution in [1.29, 1.82) is 0 Å². The fraction of sp³-hybridized carbons (Fsp3) is 0. The second kappa shape index (κ2) is 5.56. The molecule has 1 rings (SSSR count). The van der Waals surface area contributed by atoms with Crippen molar-refractivity contribution in [3.05, 3.63) is 34.9 Å². The van der Waals surface area contributed by atoms with Crippen LogP contribution in [0.2, 0.25) is 0 Å². The Bertz CT molecular complexity index is 178. The van der Waals surface area contributed by atoms with Crippen LogP contribution < -0.4 is 5.63 Å². The first-order valence-electron chi connectivity index (χ1n) is 2.09. The zero-order valence-corrected chi connectivity index (χ0v) is 5.53. The average Bonchev–Trinajstić information content (AvgIpc) is 1.94. The Labute approximate surface area is 60.5 Å². The van der Waals surface area contributed by atoms with Gasteiger partial charge in [0.05, 0.1) is 6.26 Å². The molecule has 1 aromatic heterocycles. The van der Waals surface area contributed by atoms with Gasteiger partial charge in [0.25, 0.3) is 0 Å². The molecule has 0 amide bonds. The third-order valence-electron chi connectivity index (χ3n) is 0.606. The van der Waals surface area contributed by atoms with E-state index in [0.717, 1.165) is 0 Å². The van der Waals surface area contributed by atoms with E-state index < -0.39 is 0 Å². The molecule has 51 valence electrons. The van der Waals surface area contributed by atoms with Crippen molar-refractivity contribution in [2.24, 2.45) is 0 Å². The summed E-state index contributed by atoms with van der Waals surface area (Å²) in [6.45, 7) is 0. The summed E-state index contributed by atoms with van der Waals surface area (Å²) in [5.74, 6) is 0. The van der Waals surface area contributed by atoms with Gasteiger partial charge in [0.1, 0.15) is 0 Å². The SMILES string of the molecule is O=c1cccco1.[OH][Fe]. The molecule has 1 heterocycles. The Kier molecular flexibility index (Phi) is 5.21. The predicted octanol–water partition coefficient (Wildman–Crippen LogP) is 0.0803. The van der Waals surface area contributed by atoms with Crippen molar-refractivity contribution in [3.63, 3.8) is 0 Å². The van der Waals surface area contributed by atoms with Gasteiger partial charge in [0.2, 0.25) is 0 Å². The van der Waals surface area contributed by atoms with E-state index in [1.165, 1.54) is 12.3 Å². The summed E-state index contributed by atoms with van der Waals surface area (Å²) in [6.07, 6.45) is 1.35. The van der Waals surface area contributed by atoms with Crippen LogP contribution >= 0.6 is 0 Å². The third-order valence-corrected chi connectivity index (χ3v) is 0.606. The molecule has 0 atom stereocenters. The van der Waals surface area contributed by atoms with Crippen LogP contribution in [0.3, 0.4) is 0 Å². The Morgan fingerprint density at radius 2 is 2.11 bits per heavy atom. The first-order chi connectivity index (χ1) is 4.39. The summed E-state index contributed by atoms with van der Waals surface area (Å²) in [5.41, 5.74) is -0.303. The Morgan fingerprint density at radius 1 is 1.44 bits per heavy atom. The van der Waals surface area contributed by atoms with Gasteiger partial charge < -0.3 is 4.42 Å². The molecule has 0 aromatic carbocycles. The quantitative estimate of drug-likeness (QED) is 0.559. The molecule has 9 heavy (non-hydrogen) atoms. The summed E-state index contributed by atoms with van der Waals surface area (Å²) in [7, 11) is 0. The van der Waals surface area contributed by atoms with Gasteiger partial charge in [-0.2, -0.15) is 0 Å². The van der Waals surface area contributed by atoms with E-state index in [4.69, 9.17) is 4.19 Å². The van der Waals surface area contributed by atoms with Gasteiger partial charge in [-0.3, -0.25) is 0 Å². The molecule has 1 N–H and O–H groups in total. The van der Waals surface area contributed by atoms with E-state index in [-0.39, 0.29) is 5.63 Å². The maximum absolute atomic E-state index is 10.1. The molecule has 0 aliphatic carbocycles. The first kappa shape index (κ1) is 8.43. The van der Waals surface area contributed by atoms with Crippen molar-refractivity contribution in [2.75, 3.05) is 0 Å². The summed E-state index contributed by atoms with van der Waals surface area (Å²) < 4.78 is 11.1. The zero-order valence-electron chi connectivity index (χ0n) is 4.43. The maximum atomic E-state index is 10.1. The fourth-order valence-electron chi connectivity index (χ4n) is 0.325. The van der Waals surface area contributed by atoms with E-state index in [1.54, 1.807) is 12.1 Å². The van der Waals surface area contributed by atoms with Gasteiger partial charge in [0.15, 0.2) is 0 Å². The first-order valence-corrected chi connectivity index (χ1v) is 2.58. The molecular formula is C5H5FeO3. The van der Waals surface area contributed by atoms with Gasteiger partial charge in [-0.15, -0.1) is 0 Å². The molecule has 0 bridgehead atoms. The normalized spacial score (nSPS) is 7.33. The standard InChI is InChI=1S/C5H4O2.Fe.H2O/c6-5-3-1-2-4-7-5;;/h1-4H;;1H2/q;+1;/p-1. The molecule has 0 aliphatic rings. The van der Waals surface area contributed by atoms with E-state index >= 15 is 0 Å². The second-order valence-corrected chi connectivity index (χ2v) is 1.12. The van der Waals surface area contributed by atoms with Crippen LogP contribution in [0.15, 0.2) is 33.7 Å². The summed E-state index contributed by atoms with van der Waals surface area (Å²) in [6, 6.07) is 4.65. The van der Waals surface area contributed by atoms with Gasteiger partial charge in [-0.25, -0.2) is 4.79 Å². The molecule has 0 saturated heterocycles. The molecule has 1 aromatic rings. The zero-order chi connectivity index (χ0) is 7.11. The molecule has 0 spiro atoms. The van der Waals surface area contributed by atoms with Crippen molar-refractivity contribution in [2.45, 2.75) is 0 Å². The molecule has 3 nitrogen and oxygen atoms in total. The van der Waals surface area contributed by atoms with Crippen LogP contribution in [0.25, 0.3) is 0 Å². The van der Waals surface area contributed by atoms with E-state index in [0.29, 0.717) is 0 Å². The van der Waals surface area contributed by atoms with Crippen LogP contribution in [0.5, 0.6) is 0 Å². The molecule has 0 unspecified atom stereocenters. The van der Waals surface area contributed by atoms with Crippen LogP contribution in [-0.2, 0) is 16.3 Å². The van der Waals surface area contributed by atoms with Crippen LogP contribution in [-0.4, -0.2) is 4.19 Å². The van der Waals surface area contributed by atoms with E-state index in [2.05, 4.69) is 20.8 Å². The monoisotopic (exact) mass is 169 g/mol. The predicted molar refractivity (Wildman–Crippen MR) is 27.2 cm³/mol. The minimum atomic E-state index is -0.303. The van der Waals surface area contributed by atoms with Gasteiger partial charge in [-0.1, -0.05) is 6.07 Å². The van der Waals surface area contributed by atoms with Crippen molar-refractivity contribution < 1.29 is 24.9 Å². The Morgan fingerprint density at radius 3 is 2.33 bits per heavy atom. The van der Waals surface area contributed by atoms with E-state index in [1.807, 2.05) is 0 Å². The fourth-order valence-corrected chi connectivity index (χ4v) is 0.325. The topological polar surface area (TPSA) is 50.4 Å². The Hall–Kier alpha value is -0.571. The number of hydrogen-bond donors (Lipinski definition) is 1. The summed E-state index contributed by atoms with van der Waals surface area (Å²) in [5, 5.41) is 0. The molecule has 0 fully saturated rings. The number of hydrogen-bond acceptors (Lipinski definition) is 3. The average molecular weight is 169 g/mol. The van der Waals surface area contributed by atoms with Crippen molar-refractivity contribution >= 4 is 0 Å². The van der Waals surface area contributed by atoms with Crippen molar-refractivity contribution in [1.82, 2.24) is 0 Å². The third kappa shape index (κ3) is 3.97. The molecule has 0 saturated carbocycles. The Balaban J connectivity index is 0.000000291. The van der Waals surface area contributed by atoms with Crippen LogP contribution in [0, 0.1) is 0 Å². The summed E-state index contributed by atoms with van der Waals surface area (Å²) in [4.78, 5) is 10.1. The van der Waals surface area contributed by atoms with Crippen LogP contribution in [0.4, 0.5) is 0 Å². The number of rotatable bonds is 0. The second-order valence-electron chi connectivity index (χ2n) is 1.12. The molecule has 0 radical (unpaired) electrons. The molecular weight excluding hydrogens is 164 g/mol. The van der Waals surface area contributed by atoms with Crippen LogP contribution in [0.1, 0.15) is 0 Å². The molecule has 0 aliphatic heterocycles. The minimum absolute atomic E-state index is 0.303. The van der Waals surface area contributed by atoms with Gasteiger partial charge in [0, 0.05) is 6.07 Å². The van der Waals surface area contributed by atoms with Gasteiger partial charge in [-0.05, 0) is 6.07 Å². The van der Waals surface area contributed by atoms with E-state index in [9.17, 15) is 4.79 Å². The van der Waals surface area contributed by atoms with Crippen molar-refractivity contribution in [3.8, 4) is 0 Å². The van der Waals surface area contributed by atoms with Gasteiger partial charge >= 0.3 is 26.2 Å².